The van der Waals surface area contributed by atoms with Gasteiger partial charge in [0.2, 0.25) is 5.91 Å². The number of pyridine rings is 1. The van der Waals surface area contributed by atoms with E-state index in [0.29, 0.717) is 37.3 Å². The molecule has 0 aliphatic carbocycles. The van der Waals surface area contributed by atoms with Crippen molar-refractivity contribution in [3.8, 4) is 0 Å². The normalized spacial score (nSPS) is 16.6. The van der Waals surface area contributed by atoms with Gasteiger partial charge in [-0.1, -0.05) is 12.1 Å². The van der Waals surface area contributed by atoms with Crippen molar-refractivity contribution in [2.24, 2.45) is 0 Å². The number of benzene rings is 1. The Hall–Kier alpha value is -2.96. The molecular weight excluding hydrogens is 335 g/mol. The van der Waals surface area contributed by atoms with Crippen LogP contribution in [0, 0.1) is 5.82 Å². The van der Waals surface area contributed by atoms with E-state index in [4.69, 9.17) is 0 Å². The molecule has 0 bridgehead atoms. The van der Waals surface area contributed by atoms with E-state index in [1.165, 1.54) is 12.1 Å². The minimum absolute atomic E-state index is 0.0167. The molecule has 1 aromatic heterocycles. The molecule has 136 valence electrons. The Balaban J connectivity index is 1.53. The summed E-state index contributed by atoms with van der Waals surface area (Å²) < 4.78 is 12.9. The third-order valence-corrected chi connectivity index (χ3v) is 4.41. The molecule has 6 nitrogen and oxygen atoms in total. The van der Waals surface area contributed by atoms with Crippen LogP contribution in [0.15, 0.2) is 42.6 Å². The van der Waals surface area contributed by atoms with Gasteiger partial charge in [-0.3, -0.25) is 9.59 Å². The molecule has 3 rings (SSSR count). The van der Waals surface area contributed by atoms with Gasteiger partial charge in [-0.2, -0.15) is 0 Å². The SMILES string of the molecule is CNc1cc(C(=O)NC2CC(=O)N(CCc3ccc(F)cc3)C2)ccn1. The van der Waals surface area contributed by atoms with Crippen LogP contribution >= 0.6 is 0 Å². The molecule has 0 saturated carbocycles. The monoisotopic (exact) mass is 356 g/mol. The fraction of sp³-hybridized carbons (Fsp3) is 0.316. The molecule has 1 aliphatic heterocycles. The molecule has 2 amide bonds. The van der Waals surface area contributed by atoms with Gasteiger partial charge in [0, 0.05) is 38.3 Å². The number of halogens is 1. The number of carbonyl (C=O) groups excluding carboxylic acids is 2. The topological polar surface area (TPSA) is 74.3 Å². The predicted octanol–water partition coefficient (Wildman–Crippen LogP) is 1.84. The molecule has 26 heavy (non-hydrogen) atoms. The molecule has 7 heteroatoms. The van der Waals surface area contributed by atoms with E-state index < -0.39 is 0 Å². The molecule has 1 aromatic carbocycles. The Morgan fingerprint density at radius 1 is 1.31 bits per heavy atom. The van der Waals surface area contributed by atoms with Gasteiger partial charge in [0.25, 0.3) is 5.91 Å². The van der Waals surface area contributed by atoms with Gasteiger partial charge in [-0.25, -0.2) is 9.37 Å². The third kappa shape index (κ3) is 4.36. The molecule has 2 heterocycles. The number of nitrogens with one attached hydrogen (secondary N) is 2. The average Bonchev–Trinajstić information content (AvgIpc) is 3.00. The molecule has 1 aliphatic rings. The molecule has 1 atom stereocenters. The number of nitrogens with zero attached hydrogens (tertiary/aromatic N) is 2. The molecule has 0 spiro atoms. The number of anilines is 1. The second-order valence-electron chi connectivity index (χ2n) is 6.27. The highest BCUT2D eigenvalue weighted by molar-refractivity contribution is 5.95. The first-order chi connectivity index (χ1) is 12.5. The maximum Gasteiger partial charge on any atom is 0.251 e. The average molecular weight is 356 g/mol. The molecule has 1 unspecified atom stereocenters. The summed E-state index contributed by atoms with van der Waals surface area (Å²) >= 11 is 0. The quantitative estimate of drug-likeness (QED) is 0.828. The van der Waals surface area contributed by atoms with E-state index >= 15 is 0 Å². The maximum atomic E-state index is 12.9. The van der Waals surface area contributed by atoms with Crippen LogP contribution in [0.25, 0.3) is 0 Å². The van der Waals surface area contributed by atoms with Gasteiger partial charge in [-0.05, 0) is 36.2 Å². The van der Waals surface area contributed by atoms with E-state index in [1.54, 1.807) is 42.4 Å². The number of amides is 2. The van der Waals surface area contributed by atoms with E-state index in [1.807, 2.05) is 0 Å². The first-order valence-corrected chi connectivity index (χ1v) is 8.52. The van der Waals surface area contributed by atoms with Crippen molar-refractivity contribution >= 4 is 17.6 Å². The minimum atomic E-state index is -0.272. The van der Waals surface area contributed by atoms with Crippen LogP contribution in [0.2, 0.25) is 0 Å². The third-order valence-electron chi connectivity index (χ3n) is 4.41. The molecule has 1 saturated heterocycles. The standard InChI is InChI=1S/C19H21FN4O2/c1-21-17-10-14(6-8-22-17)19(26)23-16-11-18(25)24(12-16)9-7-13-2-4-15(20)5-3-13/h2-6,8,10,16H,7,9,11-12H2,1H3,(H,21,22)(H,23,26). The minimum Gasteiger partial charge on any atom is -0.373 e. The predicted molar refractivity (Wildman–Crippen MR) is 96.3 cm³/mol. The molecule has 1 fully saturated rings. The van der Waals surface area contributed by atoms with Crippen LogP contribution in [-0.2, 0) is 11.2 Å². The van der Waals surface area contributed by atoms with Gasteiger partial charge in [0.05, 0.1) is 6.04 Å². The lowest BCUT2D eigenvalue weighted by atomic mass is 10.1. The molecule has 2 N–H and O–H groups in total. The van der Waals surface area contributed by atoms with Crippen molar-refractivity contribution in [1.29, 1.82) is 0 Å². The van der Waals surface area contributed by atoms with Crippen LogP contribution in [0.3, 0.4) is 0 Å². The van der Waals surface area contributed by atoms with Crippen molar-refractivity contribution in [3.05, 3.63) is 59.5 Å². The van der Waals surface area contributed by atoms with Crippen LogP contribution in [0.4, 0.5) is 10.2 Å². The van der Waals surface area contributed by atoms with Gasteiger partial charge in [0.1, 0.15) is 11.6 Å². The first kappa shape index (κ1) is 17.8. The van der Waals surface area contributed by atoms with Gasteiger partial charge >= 0.3 is 0 Å². The zero-order valence-electron chi connectivity index (χ0n) is 14.5. The van der Waals surface area contributed by atoms with E-state index in [9.17, 15) is 14.0 Å². The Labute approximate surface area is 151 Å². The Bertz CT molecular complexity index is 794. The van der Waals surface area contributed by atoms with E-state index in [2.05, 4.69) is 15.6 Å². The van der Waals surface area contributed by atoms with Crippen molar-refractivity contribution in [1.82, 2.24) is 15.2 Å². The fourth-order valence-corrected chi connectivity index (χ4v) is 2.98. The number of rotatable bonds is 6. The zero-order valence-corrected chi connectivity index (χ0v) is 14.5. The number of carbonyl (C=O) groups is 2. The second-order valence-corrected chi connectivity index (χ2v) is 6.27. The Kier molecular flexibility index (Phi) is 5.46. The summed E-state index contributed by atoms with van der Waals surface area (Å²) in [4.78, 5) is 30.3. The van der Waals surface area contributed by atoms with E-state index in [-0.39, 0.29) is 23.7 Å². The van der Waals surface area contributed by atoms with Crippen molar-refractivity contribution < 1.29 is 14.0 Å². The summed E-state index contributed by atoms with van der Waals surface area (Å²) in [7, 11) is 1.73. The fourth-order valence-electron chi connectivity index (χ4n) is 2.98. The van der Waals surface area contributed by atoms with Crippen LogP contribution in [0.1, 0.15) is 22.3 Å². The molecule has 0 radical (unpaired) electrons. The highest BCUT2D eigenvalue weighted by atomic mass is 19.1. The van der Waals surface area contributed by atoms with Gasteiger partial charge in [-0.15, -0.1) is 0 Å². The van der Waals surface area contributed by atoms with Crippen LogP contribution in [0.5, 0.6) is 0 Å². The summed E-state index contributed by atoms with van der Waals surface area (Å²) in [5.74, 6) is 0.137. The Morgan fingerprint density at radius 2 is 2.08 bits per heavy atom. The van der Waals surface area contributed by atoms with Crippen LogP contribution < -0.4 is 10.6 Å². The smallest absolute Gasteiger partial charge is 0.251 e. The lowest BCUT2D eigenvalue weighted by Crippen LogP contribution is -2.37. The number of hydrogen-bond donors (Lipinski definition) is 2. The second kappa shape index (κ2) is 7.95. The highest BCUT2D eigenvalue weighted by Crippen LogP contribution is 2.14. The summed E-state index contributed by atoms with van der Waals surface area (Å²) in [6.07, 6.45) is 2.51. The summed E-state index contributed by atoms with van der Waals surface area (Å²) in [5.41, 5.74) is 1.48. The molecule has 2 aromatic rings. The summed E-state index contributed by atoms with van der Waals surface area (Å²) in [5, 5.41) is 5.79. The van der Waals surface area contributed by atoms with Gasteiger partial charge in [0.15, 0.2) is 0 Å². The summed E-state index contributed by atoms with van der Waals surface area (Å²) in [6, 6.07) is 9.36. The Morgan fingerprint density at radius 3 is 2.81 bits per heavy atom. The first-order valence-electron chi connectivity index (χ1n) is 8.52. The number of aromatic nitrogens is 1. The van der Waals surface area contributed by atoms with Crippen LogP contribution in [-0.4, -0.2) is 47.9 Å². The van der Waals surface area contributed by atoms with Gasteiger partial charge < -0.3 is 15.5 Å². The lowest BCUT2D eigenvalue weighted by molar-refractivity contribution is -0.127. The molecular formula is C19H21FN4O2. The van der Waals surface area contributed by atoms with Crippen molar-refractivity contribution in [2.75, 3.05) is 25.5 Å². The van der Waals surface area contributed by atoms with Crippen molar-refractivity contribution in [3.63, 3.8) is 0 Å². The lowest BCUT2D eigenvalue weighted by Gasteiger charge is -2.17. The maximum absolute atomic E-state index is 12.9. The van der Waals surface area contributed by atoms with E-state index in [0.717, 1.165) is 5.56 Å². The zero-order chi connectivity index (χ0) is 18.5. The highest BCUT2D eigenvalue weighted by Gasteiger charge is 2.30. The van der Waals surface area contributed by atoms with Crippen molar-refractivity contribution in [2.45, 2.75) is 18.9 Å². The largest absolute Gasteiger partial charge is 0.373 e. The number of hydrogen-bond acceptors (Lipinski definition) is 4. The number of likely N-dealkylation sites (tertiary alicyclic amines) is 1. The summed E-state index contributed by atoms with van der Waals surface area (Å²) in [6.45, 7) is 1.03.